The van der Waals surface area contributed by atoms with Crippen molar-refractivity contribution in [3.63, 3.8) is 0 Å². The minimum atomic E-state index is -0.355. The zero-order chi connectivity index (χ0) is 22.0. The van der Waals surface area contributed by atoms with Crippen molar-refractivity contribution >= 4 is 22.8 Å². The highest BCUT2D eigenvalue weighted by Gasteiger charge is 2.17. The standard InChI is InChI=1S/C24H21N3O4/c1-15-7-6-10-22(26-15)25-14-19-17-8-4-5-9-18(17)23(28)27(24(19)29)16-11-12-20(30-2)21(13-16)31-3/h4-14,29H,1-3H3/b25-14+. The molecular weight excluding hydrogens is 394 g/mol. The molecule has 0 radical (unpaired) electrons. The van der Waals surface area contributed by atoms with Gasteiger partial charge in [-0.25, -0.2) is 14.5 Å². The van der Waals surface area contributed by atoms with Gasteiger partial charge in [0, 0.05) is 28.7 Å². The lowest BCUT2D eigenvalue weighted by Crippen LogP contribution is -2.20. The van der Waals surface area contributed by atoms with Crippen LogP contribution in [-0.2, 0) is 0 Å². The van der Waals surface area contributed by atoms with E-state index in [1.807, 2.05) is 25.1 Å². The SMILES string of the molecule is COc1ccc(-n2c(O)c(/C=N/c3cccc(C)n3)c3ccccc3c2=O)cc1OC. The van der Waals surface area contributed by atoms with Crippen LogP contribution >= 0.6 is 0 Å². The molecule has 0 amide bonds. The molecule has 2 aromatic heterocycles. The van der Waals surface area contributed by atoms with Crippen LogP contribution in [0.1, 0.15) is 11.3 Å². The average molecular weight is 415 g/mol. The molecule has 156 valence electrons. The summed E-state index contributed by atoms with van der Waals surface area (Å²) in [7, 11) is 3.04. The molecule has 0 atom stereocenters. The van der Waals surface area contributed by atoms with Crippen LogP contribution in [0.15, 0.2) is 70.5 Å². The zero-order valence-corrected chi connectivity index (χ0v) is 17.4. The second-order valence-corrected chi connectivity index (χ2v) is 6.86. The van der Waals surface area contributed by atoms with Crippen LogP contribution in [0, 0.1) is 6.92 Å². The molecule has 2 aromatic carbocycles. The summed E-state index contributed by atoms with van der Waals surface area (Å²) >= 11 is 0. The predicted octanol–water partition coefficient (Wildman–Crippen LogP) is 4.17. The minimum absolute atomic E-state index is 0.229. The largest absolute Gasteiger partial charge is 0.494 e. The molecule has 0 bridgehead atoms. The summed E-state index contributed by atoms with van der Waals surface area (Å²) in [5.74, 6) is 1.24. The number of fused-ring (bicyclic) bond motifs is 1. The summed E-state index contributed by atoms with van der Waals surface area (Å²) in [6.07, 6.45) is 1.52. The Morgan fingerprint density at radius 2 is 1.71 bits per heavy atom. The van der Waals surface area contributed by atoms with Gasteiger partial charge in [-0.2, -0.15) is 0 Å². The van der Waals surface area contributed by atoms with Crippen molar-refractivity contribution in [2.45, 2.75) is 6.92 Å². The Morgan fingerprint density at radius 1 is 0.968 bits per heavy atom. The fourth-order valence-corrected chi connectivity index (χ4v) is 3.42. The number of methoxy groups -OCH3 is 2. The van der Waals surface area contributed by atoms with Crippen molar-refractivity contribution in [2.75, 3.05) is 14.2 Å². The van der Waals surface area contributed by atoms with Crippen molar-refractivity contribution in [1.82, 2.24) is 9.55 Å². The van der Waals surface area contributed by atoms with Gasteiger partial charge in [-0.3, -0.25) is 4.79 Å². The second-order valence-electron chi connectivity index (χ2n) is 6.86. The highest BCUT2D eigenvalue weighted by molar-refractivity contribution is 6.02. The Morgan fingerprint density at radius 3 is 2.42 bits per heavy atom. The smallest absolute Gasteiger partial charge is 0.265 e. The molecule has 2 heterocycles. The fourth-order valence-electron chi connectivity index (χ4n) is 3.42. The van der Waals surface area contributed by atoms with Crippen molar-refractivity contribution in [2.24, 2.45) is 4.99 Å². The molecule has 0 spiro atoms. The first-order chi connectivity index (χ1) is 15.0. The summed E-state index contributed by atoms with van der Waals surface area (Å²) < 4.78 is 11.9. The summed E-state index contributed by atoms with van der Waals surface area (Å²) in [4.78, 5) is 22.0. The Hall–Kier alpha value is -4.13. The number of nitrogens with zero attached hydrogens (tertiary/aromatic N) is 3. The molecule has 4 rings (SSSR count). The third kappa shape index (κ3) is 3.73. The lowest BCUT2D eigenvalue weighted by molar-refractivity contribution is 0.354. The van der Waals surface area contributed by atoms with Gasteiger partial charge in [0.2, 0.25) is 5.88 Å². The van der Waals surface area contributed by atoms with Crippen LogP contribution in [0.2, 0.25) is 0 Å². The first-order valence-corrected chi connectivity index (χ1v) is 9.60. The molecular formula is C24H21N3O4. The van der Waals surface area contributed by atoms with Crippen molar-refractivity contribution in [1.29, 1.82) is 0 Å². The molecule has 0 aliphatic rings. The number of ether oxygens (including phenoxy) is 2. The number of aromatic hydroxyl groups is 1. The van der Waals surface area contributed by atoms with Gasteiger partial charge < -0.3 is 14.6 Å². The van der Waals surface area contributed by atoms with Gasteiger partial charge in [0.1, 0.15) is 0 Å². The van der Waals surface area contributed by atoms with E-state index in [0.29, 0.717) is 39.3 Å². The van der Waals surface area contributed by atoms with E-state index in [1.165, 1.54) is 25.0 Å². The Kier molecular flexibility index (Phi) is 5.41. The maximum absolute atomic E-state index is 13.2. The normalized spacial score (nSPS) is 11.2. The number of aromatic nitrogens is 2. The maximum Gasteiger partial charge on any atom is 0.265 e. The minimum Gasteiger partial charge on any atom is -0.494 e. The predicted molar refractivity (Wildman–Crippen MR) is 121 cm³/mol. The van der Waals surface area contributed by atoms with Crippen molar-refractivity contribution in [3.05, 3.63) is 82.3 Å². The van der Waals surface area contributed by atoms with Gasteiger partial charge in [0.25, 0.3) is 5.56 Å². The molecule has 0 aliphatic carbocycles. The van der Waals surface area contributed by atoms with Crippen LogP contribution in [0.4, 0.5) is 5.82 Å². The van der Waals surface area contributed by atoms with Gasteiger partial charge in [0.05, 0.1) is 25.5 Å². The second kappa shape index (κ2) is 8.31. The third-order valence-corrected chi connectivity index (χ3v) is 4.93. The number of benzene rings is 2. The molecule has 0 saturated carbocycles. The van der Waals surface area contributed by atoms with Crippen LogP contribution in [0.25, 0.3) is 16.5 Å². The Bertz CT molecular complexity index is 1360. The van der Waals surface area contributed by atoms with E-state index in [2.05, 4.69) is 9.98 Å². The fraction of sp³-hybridized carbons (Fsp3) is 0.125. The topological polar surface area (TPSA) is 85.9 Å². The third-order valence-electron chi connectivity index (χ3n) is 4.93. The first kappa shape index (κ1) is 20.2. The molecule has 1 N–H and O–H groups in total. The number of hydrogen-bond acceptors (Lipinski definition) is 6. The van der Waals surface area contributed by atoms with E-state index in [9.17, 15) is 9.90 Å². The van der Waals surface area contributed by atoms with E-state index >= 15 is 0 Å². The van der Waals surface area contributed by atoms with Crippen LogP contribution < -0.4 is 15.0 Å². The molecule has 4 aromatic rings. The van der Waals surface area contributed by atoms with E-state index in [4.69, 9.17) is 9.47 Å². The molecule has 0 saturated heterocycles. The average Bonchev–Trinajstić information content (AvgIpc) is 2.79. The van der Waals surface area contributed by atoms with Crippen molar-refractivity contribution < 1.29 is 14.6 Å². The molecule has 31 heavy (non-hydrogen) atoms. The van der Waals surface area contributed by atoms with E-state index < -0.39 is 0 Å². The van der Waals surface area contributed by atoms with E-state index in [-0.39, 0.29) is 11.4 Å². The first-order valence-electron chi connectivity index (χ1n) is 9.60. The summed E-state index contributed by atoms with van der Waals surface area (Å²) in [6.45, 7) is 1.88. The molecule has 0 aliphatic heterocycles. The highest BCUT2D eigenvalue weighted by atomic mass is 16.5. The Labute approximate surface area is 178 Å². The molecule has 0 unspecified atom stereocenters. The maximum atomic E-state index is 13.2. The highest BCUT2D eigenvalue weighted by Crippen LogP contribution is 2.32. The van der Waals surface area contributed by atoms with Crippen LogP contribution in [-0.4, -0.2) is 35.1 Å². The van der Waals surface area contributed by atoms with E-state index in [1.54, 1.807) is 42.5 Å². The van der Waals surface area contributed by atoms with Crippen LogP contribution in [0.5, 0.6) is 17.4 Å². The number of rotatable bonds is 5. The molecule has 7 heteroatoms. The van der Waals surface area contributed by atoms with Gasteiger partial charge in [-0.1, -0.05) is 24.3 Å². The Balaban J connectivity index is 1.97. The van der Waals surface area contributed by atoms with E-state index in [0.717, 1.165) is 5.69 Å². The number of pyridine rings is 2. The van der Waals surface area contributed by atoms with Crippen molar-refractivity contribution in [3.8, 4) is 23.1 Å². The summed E-state index contributed by atoms with van der Waals surface area (Å²) in [6, 6.07) is 17.6. The van der Waals surface area contributed by atoms with Crippen LogP contribution in [0.3, 0.4) is 0 Å². The van der Waals surface area contributed by atoms with Gasteiger partial charge in [-0.15, -0.1) is 0 Å². The van der Waals surface area contributed by atoms with Gasteiger partial charge >= 0.3 is 0 Å². The monoisotopic (exact) mass is 415 g/mol. The lowest BCUT2D eigenvalue weighted by atomic mass is 10.1. The van der Waals surface area contributed by atoms with Gasteiger partial charge in [0.15, 0.2) is 17.3 Å². The molecule has 0 fully saturated rings. The summed E-state index contributed by atoms with van der Waals surface area (Å²) in [5.41, 5.74) is 1.33. The number of hydrogen-bond donors (Lipinski definition) is 1. The molecule has 7 nitrogen and oxygen atoms in total. The number of aryl methyl sites for hydroxylation is 1. The summed E-state index contributed by atoms with van der Waals surface area (Å²) in [5, 5.41) is 12.2. The van der Waals surface area contributed by atoms with Gasteiger partial charge in [-0.05, 0) is 37.3 Å². The quantitative estimate of drug-likeness (QED) is 0.495. The lowest BCUT2D eigenvalue weighted by Gasteiger charge is -2.15. The zero-order valence-electron chi connectivity index (χ0n) is 17.4. The number of aliphatic imine (C=N–C) groups is 1.